The minimum atomic E-state index is -0.105. The number of hydrogen-bond acceptors (Lipinski definition) is 2. The number of rotatable bonds is 5. The molecule has 0 N–H and O–H groups in total. The Kier molecular flexibility index (Phi) is 2.83. The molecule has 0 aromatic heterocycles. The maximum Gasteiger partial charge on any atom is 0.134 e. The van der Waals surface area contributed by atoms with E-state index in [0.29, 0.717) is 18.8 Å². The van der Waals surface area contributed by atoms with Gasteiger partial charge in [0.15, 0.2) is 0 Å². The number of fused-ring (bicyclic) bond motifs is 1. The van der Waals surface area contributed by atoms with Gasteiger partial charge in [-0.2, -0.15) is 0 Å². The van der Waals surface area contributed by atoms with Crippen molar-refractivity contribution in [3.63, 3.8) is 0 Å². The number of carbonyl (C=O) groups excluding carboxylic acids is 2. The van der Waals surface area contributed by atoms with Gasteiger partial charge in [-0.3, -0.25) is 9.59 Å². The molecule has 0 aromatic carbocycles. The van der Waals surface area contributed by atoms with Crippen molar-refractivity contribution in [3.05, 3.63) is 24.3 Å². The molecule has 0 bridgehead atoms. The predicted octanol–water partition coefficient (Wildman–Crippen LogP) is 2.69. The monoisotopic (exact) mass is 218 g/mol. The molecule has 0 aliphatic heterocycles. The summed E-state index contributed by atoms with van der Waals surface area (Å²) < 4.78 is 0. The Balaban J connectivity index is 2.15. The summed E-state index contributed by atoms with van der Waals surface area (Å²) in [5.74, 6) is 0.731. The van der Waals surface area contributed by atoms with Crippen LogP contribution in [0.4, 0.5) is 0 Å². The van der Waals surface area contributed by atoms with Crippen LogP contribution in [0, 0.1) is 17.3 Å². The van der Waals surface area contributed by atoms with Gasteiger partial charge in [-0.15, -0.1) is 0 Å². The normalized spacial score (nSPS) is 32.0. The van der Waals surface area contributed by atoms with Crippen LogP contribution in [0.5, 0.6) is 0 Å². The van der Waals surface area contributed by atoms with Crippen molar-refractivity contribution in [2.45, 2.75) is 33.1 Å². The number of ketones is 2. The fraction of sp³-hybridized carbons (Fsp3) is 0.571. The Morgan fingerprint density at radius 3 is 2.75 bits per heavy atom. The van der Waals surface area contributed by atoms with E-state index in [9.17, 15) is 9.59 Å². The second-order valence-corrected chi connectivity index (χ2v) is 4.93. The van der Waals surface area contributed by atoms with E-state index in [1.807, 2.05) is 19.1 Å². The lowest BCUT2D eigenvalue weighted by Crippen LogP contribution is -2.26. The molecule has 1 fully saturated rings. The van der Waals surface area contributed by atoms with E-state index in [0.717, 1.165) is 6.42 Å². The van der Waals surface area contributed by atoms with Crippen LogP contribution in [0.1, 0.15) is 33.1 Å². The van der Waals surface area contributed by atoms with Gasteiger partial charge < -0.3 is 0 Å². The van der Waals surface area contributed by atoms with E-state index in [1.165, 1.54) is 0 Å². The van der Waals surface area contributed by atoms with E-state index in [4.69, 9.17) is 0 Å². The summed E-state index contributed by atoms with van der Waals surface area (Å²) in [5, 5.41) is 0. The minimum Gasteiger partial charge on any atom is -0.300 e. The van der Waals surface area contributed by atoms with E-state index < -0.39 is 0 Å². The van der Waals surface area contributed by atoms with Crippen molar-refractivity contribution in [3.8, 4) is 0 Å². The first-order valence-electron chi connectivity index (χ1n) is 5.98. The molecule has 2 unspecified atom stereocenters. The van der Waals surface area contributed by atoms with Gasteiger partial charge in [0, 0.05) is 24.2 Å². The number of Topliss-reactive ketones (excluding diaryl/α,β-unsaturated/α-hetero) is 2. The van der Waals surface area contributed by atoms with Crippen LogP contribution in [0.15, 0.2) is 24.3 Å². The number of hydrogen-bond donors (Lipinski definition) is 0. The lowest BCUT2D eigenvalue weighted by molar-refractivity contribution is -0.128. The predicted molar refractivity (Wildman–Crippen MR) is 62.9 cm³/mol. The number of carbonyl (C=O) groups is 2. The molecule has 0 amide bonds. The Bertz CT molecular complexity index is 378. The van der Waals surface area contributed by atoms with Crippen LogP contribution in [0.25, 0.3) is 0 Å². The summed E-state index contributed by atoms with van der Waals surface area (Å²) in [6, 6.07) is 0. The fourth-order valence-corrected chi connectivity index (χ4v) is 2.79. The van der Waals surface area contributed by atoms with Gasteiger partial charge in [0.2, 0.25) is 0 Å². The summed E-state index contributed by atoms with van der Waals surface area (Å²) in [6.45, 7) is 3.47. The molecule has 2 aliphatic rings. The molecule has 0 spiro atoms. The molecule has 0 aromatic rings. The van der Waals surface area contributed by atoms with Gasteiger partial charge in [0.1, 0.15) is 11.6 Å². The molecule has 0 radical (unpaired) electrons. The molecule has 1 saturated carbocycles. The smallest absolute Gasteiger partial charge is 0.134 e. The summed E-state index contributed by atoms with van der Waals surface area (Å²) in [7, 11) is 0. The first kappa shape index (κ1) is 11.3. The van der Waals surface area contributed by atoms with Crippen molar-refractivity contribution < 1.29 is 9.59 Å². The highest BCUT2D eigenvalue weighted by atomic mass is 16.1. The van der Waals surface area contributed by atoms with Crippen LogP contribution >= 0.6 is 0 Å². The van der Waals surface area contributed by atoms with Crippen LogP contribution in [-0.2, 0) is 9.59 Å². The fourth-order valence-electron chi connectivity index (χ4n) is 2.79. The van der Waals surface area contributed by atoms with E-state index in [1.54, 1.807) is 6.92 Å². The van der Waals surface area contributed by atoms with Gasteiger partial charge in [0.05, 0.1) is 0 Å². The SMILES string of the molecule is CCC(=O)C[C@H](C(C)=O)C12C=CC=CC1C2. The Morgan fingerprint density at radius 2 is 2.19 bits per heavy atom. The van der Waals surface area contributed by atoms with Gasteiger partial charge in [-0.05, 0) is 19.3 Å². The highest BCUT2D eigenvalue weighted by Crippen LogP contribution is 2.62. The van der Waals surface area contributed by atoms with Gasteiger partial charge in [0.25, 0.3) is 0 Å². The molecule has 2 rings (SSSR count). The van der Waals surface area contributed by atoms with Crippen LogP contribution in [-0.4, -0.2) is 11.6 Å². The molecule has 2 heteroatoms. The van der Waals surface area contributed by atoms with Crippen molar-refractivity contribution in [2.75, 3.05) is 0 Å². The van der Waals surface area contributed by atoms with Gasteiger partial charge >= 0.3 is 0 Å². The van der Waals surface area contributed by atoms with Crippen molar-refractivity contribution in [2.24, 2.45) is 17.3 Å². The van der Waals surface area contributed by atoms with E-state index >= 15 is 0 Å². The van der Waals surface area contributed by atoms with Crippen LogP contribution in [0.2, 0.25) is 0 Å². The lowest BCUT2D eigenvalue weighted by Gasteiger charge is -2.23. The highest BCUT2D eigenvalue weighted by Gasteiger charge is 2.57. The number of allylic oxidation sites excluding steroid dienone is 4. The Labute approximate surface area is 96.4 Å². The summed E-state index contributed by atoms with van der Waals surface area (Å²) in [4.78, 5) is 23.3. The molecule has 2 nitrogen and oxygen atoms in total. The Hall–Kier alpha value is -1.18. The van der Waals surface area contributed by atoms with Crippen LogP contribution < -0.4 is 0 Å². The van der Waals surface area contributed by atoms with Crippen molar-refractivity contribution in [1.29, 1.82) is 0 Å². The second kappa shape index (κ2) is 4.00. The molecule has 0 heterocycles. The van der Waals surface area contributed by atoms with Crippen molar-refractivity contribution >= 4 is 11.6 Å². The molecule has 86 valence electrons. The lowest BCUT2D eigenvalue weighted by atomic mass is 9.79. The van der Waals surface area contributed by atoms with E-state index in [2.05, 4.69) is 12.2 Å². The highest BCUT2D eigenvalue weighted by molar-refractivity contribution is 5.88. The second-order valence-electron chi connectivity index (χ2n) is 4.93. The molecule has 2 aliphatic carbocycles. The summed E-state index contributed by atoms with van der Waals surface area (Å²) >= 11 is 0. The van der Waals surface area contributed by atoms with Crippen LogP contribution in [0.3, 0.4) is 0 Å². The maximum atomic E-state index is 11.7. The van der Waals surface area contributed by atoms with Gasteiger partial charge in [-0.25, -0.2) is 0 Å². The zero-order valence-electron chi connectivity index (χ0n) is 9.90. The zero-order chi connectivity index (χ0) is 11.8. The Morgan fingerprint density at radius 1 is 1.44 bits per heavy atom. The first-order chi connectivity index (χ1) is 7.60. The molecular formula is C14H18O2. The summed E-state index contributed by atoms with van der Waals surface area (Å²) in [6.07, 6.45) is 10.3. The first-order valence-corrected chi connectivity index (χ1v) is 5.98. The minimum absolute atomic E-state index is 0.0224. The molecule has 16 heavy (non-hydrogen) atoms. The topological polar surface area (TPSA) is 34.1 Å². The maximum absolute atomic E-state index is 11.7. The largest absolute Gasteiger partial charge is 0.300 e. The average Bonchev–Trinajstić information content (AvgIpc) is 3.00. The third-order valence-electron chi connectivity index (χ3n) is 3.93. The van der Waals surface area contributed by atoms with Crippen molar-refractivity contribution in [1.82, 2.24) is 0 Å². The molecule has 3 atom stereocenters. The standard InChI is InChI=1S/C14H18O2/c1-3-12(16)8-13(10(2)15)14-7-5-4-6-11(14)9-14/h4-7,11,13H,3,8-9H2,1-2H3/t11?,13-,14?/m1/s1. The average molecular weight is 218 g/mol. The third-order valence-corrected chi connectivity index (χ3v) is 3.93. The zero-order valence-corrected chi connectivity index (χ0v) is 9.90. The quantitative estimate of drug-likeness (QED) is 0.711. The van der Waals surface area contributed by atoms with E-state index in [-0.39, 0.29) is 22.9 Å². The summed E-state index contributed by atoms with van der Waals surface area (Å²) in [5.41, 5.74) is -0.0224. The van der Waals surface area contributed by atoms with Gasteiger partial charge in [-0.1, -0.05) is 31.2 Å². The molecular weight excluding hydrogens is 200 g/mol. The third kappa shape index (κ3) is 1.77. The molecule has 0 saturated heterocycles.